The van der Waals surface area contributed by atoms with E-state index in [0.717, 1.165) is 31.5 Å². The van der Waals surface area contributed by atoms with Crippen LogP contribution in [0.25, 0.3) is 0 Å². The Bertz CT molecular complexity index is 565. The molecule has 3 rings (SSSR count). The van der Waals surface area contributed by atoms with Crippen molar-refractivity contribution in [3.63, 3.8) is 0 Å². The van der Waals surface area contributed by atoms with Gasteiger partial charge >= 0.3 is 0 Å². The molecule has 112 valence electrons. The van der Waals surface area contributed by atoms with Gasteiger partial charge in [-0.2, -0.15) is 0 Å². The first-order valence-corrected chi connectivity index (χ1v) is 7.47. The van der Waals surface area contributed by atoms with E-state index in [2.05, 4.69) is 0 Å². The van der Waals surface area contributed by atoms with Crippen LogP contribution in [-0.2, 0) is 9.59 Å². The van der Waals surface area contributed by atoms with Gasteiger partial charge in [-0.1, -0.05) is 6.07 Å². The fraction of sp³-hybridized carbons (Fsp3) is 0.500. The molecule has 5 heteroatoms. The van der Waals surface area contributed by atoms with Crippen LogP contribution in [0.5, 0.6) is 5.75 Å². The van der Waals surface area contributed by atoms with Gasteiger partial charge < -0.3 is 9.64 Å². The van der Waals surface area contributed by atoms with E-state index in [9.17, 15) is 9.59 Å². The standard InChI is InChI=1S/C16H20N2O3/c1-12-5-6-14-13(9-12)18(16(20)11-21-14)10-15(19)17-7-3-2-4-8-17/h5-6,9H,2-4,7-8,10-11H2,1H3. The van der Waals surface area contributed by atoms with Crippen LogP contribution in [-0.4, -0.2) is 43.0 Å². The molecular weight excluding hydrogens is 268 g/mol. The van der Waals surface area contributed by atoms with E-state index in [0.29, 0.717) is 11.4 Å². The van der Waals surface area contributed by atoms with Crippen molar-refractivity contribution in [2.75, 3.05) is 31.1 Å². The van der Waals surface area contributed by atoms with Gasteiger partial charge in [0.25, 0.3) is 5.91 Å². The van der Waals surface area contributed by atoms with E-state index in [-0.39, 0.29) is 25.0 Å². The molecule has 0 aromatic heterocycles. The van der Waals surface area contributed by atoms with E-state index < -0.39 is 0 Å². The molecule has 0 atom stereocenters. The van der Waals surface area contributed by atoms with Gasteiger partial charge in [0, 0.05) is 13.1 Å². The van der Waals surface area contributed by atoms with Gasteiger partial charge in [-0.3, -0.25) is 14.5 Å². The molecule has 2 amide bonds. The van der Waals surface area contributed by atoms with Crippen molar-refractivity contribution < 1.29 is 14.3 Å². The number of nitrogens with zero attached hydrogens (tertiary/aromatic N) is 2. The lowest BCUT2D eigenvalue weighted by Gasteiger charge is -2.32. The van der Waals surface area contributed by atoms with Crippen molar-refractivity contribution in [3.8, 4) is 5.75 Å². The predicted molar refractivity (Wildman–Crippen MR) is 79.5 cm³/mol. The second kappa shape index (κ2) is 5.76. The molecule has 2 aliphatic rings. The number of ether oxygens (including phenoxy) is 1. The summed E-state index contributed by atoms with van der Waals surface area (Å²) in [5.41, 5.74) is 1.75. The number of anilines is 1. The second-order valence-electron chi connectivity index (χ2n) is 5.68. The monoisotopic (exact) mass is 288 g/mol. The zero-order valence-corrected chi connectivity index (χ0v) is 12.3. The summed E-state index contributed by atoms with van der Waals surface area (Å²) in [7, 11) is 0. The maximum atomic E-state index is 12.4. The molecule has 2 aliphatic heterocycles. The second-order valence-corrected chi connectivity index (χ2v) is 5.68. The normalized spacial score (nSPS) is 18.2. The number of amides is 2. The Hall–Kier alpha value is -2.04. The van der Waals surface area contributed by atoms with E-state index in [1.165, 1.54) is 6.42 Å². The summed E-state index contributed by atoms with van der Waals surface area (Å²) in [5.74, 6) is 0.544. The van der Waals surface area contributed by atoms with E-state index in [1.54, 1.807) is 4.90 Å². The van der Waals surface area contributed by atoms with Gasteiger partial charge in [0.2, 0.25) is 5.91 Å². The molecule has 1 aromatic rings. The van der Waals surface area contributed by atoms with Crippen LogP contribution >= 0.6 is 0 Å². The smallest absolute Gasteiger partial charge is 0.265 e. The highest BCUT2D eigenvalue weighted by atomic mass is 16.5. The van der Waals surface area contributed by atoms with Crippen LogP contribution in [0.3, 0.4) is 0 Å². The molecule has 1 fully saturated rings. The summed E-state index contributed by atoms with van der Waals surface area (Å²) < 4.78 is 5.43. The lowest BCUT2D eigenvalue weighted by Crippen LogP contribution is -2.47. The summed E-state index contributed by atoms with van der Waals surface area (Å²) in [6, 6.07) is 5.70. The summed E-state index contributed by atoms with van der Waals surface area (Å²) in [6.07, 6.45) is 3.29. The molecule has 1 aromatic carbocycles. The molecule has 21 heavy (non-hydrogen) atoms. The quantitative estimate of drug-likeness (QED) is 0.833. The first-order valence-electron chi connectivity index (χ1n) is 7.47. The Labute approximate surface area is 124 Å². The average Bonchev–Trinajstić information content (AvgIpc) is 2.51. The number of piperidine rings is 1. The van der Waals surface area contributed by atoms with Crippen molar-refractivity contribution in [1.29, 1.82) is 0 Å². The highest BCUT2D eigenvalue weighted by Crippen LogP contribution is 2.32. The largest absolute Gasteiger partial charge is 0.482 e. The van der Waals surface area contributed by atoms with Crippen LogP contribution in [0.1, 0.15) is 24.8 Å². The highest BCUT2D eigenvalue weighted by Gasteiger charge is 2.29. The number of benzene rings is 1. The van der Waals surface area contributed by atoms with Crippen LogP contribution in [0.4, 0.5) is 5.69 Å². The molecule has 0 unspecified atom stereocenters. The highest BCUT2D eigenvalue weighted by molar-refractivity contribution is 6.02. The van der Waals surface area contributed by atoms with Crippen LogP contribution in [0, 0.1) is 6.92 Å². The molecule has 0 aliphatic carbocycles. The van der Waals surface area contributed by atoms with Crippen LogP contribution in [0.15, 0.2) is 18.2 Å². The predicted octanol–water partition coefficient (Wildman–Crippen LogP) is 1.73. The average molecular weight is 288 g/mol. The molecule has 0 N–H and O–H groups in total. The third-order valence-corrected chi connectivity index (χ3v) is 4.06. The summed E-state index contributed by atoms with van der Waals surface area (Å²) >= 11 is 0. The Morgan fingerprint density at radius 2 is 2.00 bits per heavy atom. The number of carbonyl (C=O) groups is 2. The molecule has 0 saturated carbocycles. The minimum absolute atomic E-state index is 0.00331. The van der Waals surface area contributed by atoms with E-state index >= 15 is 0 Å². The van der Waals surface area contributed by atoms with Crippen LogP contribution in [0.2, 0.25) is 0 Å². The van der Waals surface area contributed by atoms with Crippen LogP contribution < -0.4 is 9.64 Å². The lowest BCUT2D eigenvalue weighted by atomic mass is 10.1. The molecule has 5 nitrogen and oxygen atoms in total. The minimum atomic E-state index is -0.154. The summed E-state index contributed by atoms with van der Waals surface area (Å²) in [6.45, 7) is 3.68. The summed E-state index contributed by atoms with van der Waals surface area (Å²) in [5, 5.41) is 0. The molecule has 2 heterocycles. The third-order valence-electron chi connectivity index (χ3n) is 4.06. The van der Waals surface area contributed by atoms with Gasteiger partial charge in [0.15, 0.2) is 6.61 Å². The number of rotatable bonds is 2. The van der Waals surface area contributed by atoms with Gasteiger partial charge in [-0.25, -0.2) is 0 Å². The van der Waals surface area contributed by atoms with Gasteiger partial charge in [0.1, 0.15) is 12.3 Å². The Morgan fingerprint density at radius 1 is 1.24 bits per heavy atom. The third kappa shape index (κ3) is 2.86. The van der Waals surface area contributed by atoms with E-state index in [1.807, 2.05) is 30.0 Å². The molecule has 0 spiro atoms. The summed E-state index contributed by atoms with van der Waals surface area (Å²) in [4.78, 5) is 27.9. The number of hydrogen-bond donors (Lipinski definition) is 0. The van der Waals surface area contributed by atoms with Crippen molar-refractivity contribution >= 4 is 17.5 Å². The van der Waals surface area contributed by atoms with Gasteiger partial charge in [-0.15, -0.1) is 0 Å². The fourth-order valence-corrected chi connectivity index (χ4v) is 2.86. The SMILES string of the molecule is Cc1ccc2c(c1)N(CC(=O)N1CCCCC1)C(=O)CO2. The molecular formula is C16H20N2O3. The number of fused-ring (bicyclic) bond motifs is 1. The Morgan fingerprint density at radius 3 is 2.76 bits per heavy atom. The fourth-order valence-electron chi connectivity index (χ4n) is 2.86. The minimum Gasteiger partial charge on any atom is -0.482 e. The zero-order chi connectivity index (χ0) is 14.8. The van der Waals surface area contributed by atoms with Crippen molar-refractivity contribution in [1.82, 2.24) is 4.90 Å². The topological polar surface area (TPSA) is 49.9 Å². The Kier molecular flexibility index (Phi) is 3.82. The number of aryl methyl sites for hydroxylation is 1. The number of likely N-dealkylation sites (tertiary alicyclic amines) is 1. The number of carbonyl (C=O) groups excluding carboxylic acids is 2. The maximum Gasteiger partial charge on any atom is 0.265 e. The number of hydrogen-bond acceptors (Lipinski definition) is 3. The van der Waals surface area contributed by atoms with Crippen molar-refractivity contribution in [3.05, 3.63) is 23.8 Å². The maximum absolute atomic E-state index is 12.4. The first kappa shape index (κ1) is 13.9. The van der Waals surface area contributed by atoms with Crippen molar-refractivity contribution in [2.24, 2.45) is 0 Å². The lowest BCUT2D eigenvalue weighted by molar-refractivity contribution is -0.132. The Balaban J connectivity index is 1.79. The molecule has 0 bridgehead atoms. The van der Waals surface area contributed by atoms with Crippen molar-refractivity contribution in [2.45, 2.75) is 26.2 Å². The zero-order valence-electron chi connectivity index (χ0n) is 12.3. The molecule has 0 radical (unpaired) electrons. The van der Waals surface area contributed by atoms with Gasteiger partial charge in [-0.05, 0) is 43.9 Å². The van der Waals surface area contributed by atoms with Gasteiger partial charge in [0.05, 0.1) is 5.69 Å². The van der Waals surface area contributed by atoms with E-state index in [4.69, 9.17) is 4.74 Å². The molecule has 1 saturated heterocycles. The first-order chi connectivity index (χ1) is 10.1.